The lowest BCUT2D eigenvalue weighted by atomic mass is 9.74. The third-order valence-corrected chi connectivity index (χ3v) is 3.89. The summed E-state index contributed by atoms with van der Waals surface area (Å²) in [6, 6.07) is 0. The van der Waals surface area contributed by atoms with Crippen LogP contribution in [0, 0.1) is 11.8 Å². The fourth-order valence-electron chi connectivity index (χ4n) is 2.78. The molecule has 0 aromatic rings. The van der Waals surface area contributed by atoms with Gasteiger partial charge < -0.3 is 0 Å². The highest BCUT2D eigenvalue weighted by Crippen LogP contribution is 2.38. The van der Waals surface area contributed by atoms with Crippen LogP contribution in [0.3, 0.4) is 0 Å². The first-order valence-corrected chi connectivity index (χ1v) is 6.71. The van der Waals surface area contributed by atoms with Crippen LogP contribution in [-0.4, -0.2) is 20.7 Å². The molecule has 1 heterocycles. The predicted molar refractivity (Wildman–Crippen MR) is 65.2 cm³/mol. The quantitative estimate of drug-likeness (QED) is 0.711. The van der Waals surface area contributed by atoms with Crippen LogP contribution in [0.2, 0.25) is 0 Å². The Morgan fingerprint density at radius 2 is 2.24 bits per heavy atom. The first-order valence-electron chi connectivity index (χ1n) is 5.68. The van der Waals surface area contributed by atoms with Gasteiger partial charge in [0.1, 0.15) is 0 Å². The molecule has 1 aliphatic heterocycles. The predicted octanol–water partition coefficient (Wildman–Crippen LogP) is 1.91. The summed E-state index contributed by atoms with van der Waals surface area (Å²) in [5.41, 5.74) is 3.06. The van der Waals surface area contributed by atoms with Gasteiger partial charge in [-0.05, 0) is 24.1 Å². The van der Waals surface area contributed by atoms with Crippen molar-refractivity contribution in [3.8, 4) is 0 Å². The van der Waals surface area contributed by atoms with E-state index in [2.05, 4.69) is 15.4 Å². The van der Waals surface area contributed by atoms with Crippen LogP contribution in [0.5, 0.6) is 0 Å². The molecule has 0 fully saturated rings. The Morgan fingerprint density at radius 3 is 3.06 bits per heavy atom. The second-order valence-electron chi connectivity index (χ2n) is 4.44. The topological polar surface area (TPSA) is 58.9 Å². The van der Waals surface area contributed by atoms with Crippen LogP contribution in [0.15, 0.2) is 44.9 Å². The summed E-state index contributed by atoms with van der Waals surface area (Å²) in [6.45, 7) is 0.898. The molecule has 2 unspecified atom stereocenters. The number of aliphatic imine (C=N–C) groups is 1. The summed E-state index contributed by atoms with van der Waals surface area (Å²) in [5, 5.41) is 0. The molecule has 17 heavy (non-hydrogen) atoms. The fraction of sp³-hybridized carbons (Fsp3) is 0.417. The molecule has 4 nitrogen and oxygen atoms in total. The summed E-state index contributed by atoms with van der Waals surface area (Å²) in [7, 11) is -2.38. The lowest BCUT2D eigenvalue weighted by Gasteiger charge is -2.29. The van der Waals surface area contributed by atoms with E-state index in [0.29, 0.717) is 11.6 Å². The molecule has 5 heteroatoms. The first kappa shape index (κ1) is 10.7. The number of hydrogen-bond acceptors (Lipinski definition) is 4. The summed E-state index contributed by atoms with van der Waals surface area (Å²) in [6.07, 6.45) is 9.88. The largest absolute Gasteiger partial charge is 0.316 e. The summed E-state index contributed by atoms with van der Waals surface area (Å²) < 4.78 is 24.7. The average Bonchev–Trinajstić information content (AvgIpc) is 2.76. The van der Waals surface area contributed by atoms with Gasteiger partial charge in [-0.15, -0.1) is 4.36 Å². The molecule has 3 aliphatic rings. The molecule has 0 saturated carbocycles. The van der Waals surface area contributed by atoms with Gasteiger partial charge in [0.2, 0.25) is 0 Å². The average molecular weight is 248 g/mol. The van der Waals surface area contributed by atoms with E-state index in [1.165, 1.54) is 11.3 Å². The molecule has 0 amide bonds. The van der Waals surface area contributed by atoms with Crippen molar-refractivity contribution in [2.24, 2.45) is 21.2 Å². The lowest BCUT2D eigenvalue weighted by molar-refractivity contribution is 0.549. The van der Waals surface area contributed by atoms with Gasteiger partial charge in [0, 0.05) is 30.5 Å². The Hall–Kier alpha value is -1.49. The van der Waals surface area contributed by atoms with Crippen molar-refractivity contribution in [1.29, 1.82) is 0 Å². The van der Waals surface area contributed by atoms with Crippen molar-refractivity contribution in [2.45, 2.75) is 12.8 Å². The van der Waals surface area contributed by atoms with Crippen LogP contribution in [0.25, 0.3) is 0 Å². The Labute approximate surface area is 101 Å². The highest BCUT2D eigenvalue weighted by atomic mass is 32.2. The van der Waals surface area contributed by atoms with Gasteiger partial charge >= 0.3 is 10.5 Å². The highest BCUT2D eigenvalue weighted by molar-refractivity contribution is 7.61. The molecule has 0 spiro atoms. The molecule has 0 radical (unpaired) electrons. The molecular formula is C12H12N2O2S. The van der Waals surface area contributed by atoms with Crippen LogP contribution in [-0.2, 0) is 10.5 Å². The number of allylic oxidation sites excluding steroid dienone is 5. The second kappa shape index (κ2) is 4.07. The zero-order valence-electron chi connectivity index (χ0n) is 9.20. The Morgan fingerprint density at radius 1 is 1.35 bits per heavy atom. The maximum absolute atomic E-state index is 10.6. The Bertz CT molecular complexity index is 600. The number of hydrogen-bond donors (Lipinski definition) is 0. The normalized spacial score (nSPS) is 29.8. The van der Waals surface area contributed by atoms with E-state index in [1.54, 1.807) is 6.08 Å². The van der Waals surface area contributed by atoms with Crippen LogP contribution in [0.1, 0.15) is 12.8 Å². The van der Waals surface area contributed by atoms with Crippen LogP contribution in [0.4, 0.5) is 0 Å². The third kappa shape index (κ3) is 1.91. The number of rotatable bonds is 1. The Balaban J connectivity index is 2.00. The van der Waals surface area contributed by atoms with E-state index in [4.69, 9.17) is 0 Å². The Kier molecular flexibility index (Phi) is 2.55. The van der Waals surface area contributed by atoms with Crippen LogP contribution < -0.4 is 0 Å². The standard InChI is InChI=1S/C12H12N2O2S/c15-17(16)14-9-3-1-8-2-4-12-10(5-6-13-12)11(8)7-9/h1-3,7,10-11H,4-6H2. The maximum atomic E-state index is 10.6. The smallest absolute Gasteiger partial charge is 0.293 e. The molecule has 0 bridgehead atoms. The minimum Gasteiger partial charge on any atom is -0.293 e. The van der Waals surface area contributed by atoms with E-state index in [9.17, 15) is 8.42 Å². The van der Waals surface area contributed by atoms with Crippen LogP contribution >= 0.6 is 0 Å². The van der Waals surface area contributed by atoms with Crippen molar-refractivity contribution in [1.82, 2.24) is 0 Å². The zero-order valence-corrected chi connectivity index (χ0v) is 10.0. The minimum atomic E-state index is -2.38. The van der Waals surface area contributed by atoms with Gasteiger partial charge in [-0.2, -0.15) is 8.42 Å². The fourth-order valence-corrected chi connectivity index (χ4v) is 3.08. The third-order valence-electron chi connectivity index (χ3n) is 3.53. The minimum absolute atomic E-state index is 0.261. The molecule has 3 rings (SSSR count). The van der Waals surface area contributed by atoms with Gasteiger partial charge in [-0.3, -0.25) is 4.99 Å². The molecule has 2 aliphatic carbocycles. The summed E-state index contributed by atoms with van der Waals surface area (Å²) in [5.74, 6) is 0.711. The molecule has 0 aromatic heterocycles. The maximum Gasteiger partial charge on any atom is 0.316 e. The van der Waals surface area contributed by atoms with E-state index < -0.39 is 10.5 Å². The molecule has 88 valence electrons. The monoisotopic (exact) mass is 248 g/mol. The zero-order chi connectivity index (χ0) is 11.8. The van der Waals surface area contributed by atoms with E-state index in [-0.39, 0.29) is 5.92 Å². The molecule has 2 atom stereocenters. The SMILES string of the molecule is O=S(=O)=NC1=CC2C(=CCC3=NCCC32)C=C1. The molecular weight excluding hydrogens is 236 g/mol. The second-order valence-corrected chi connectivity index (χ2v) is 5.05. The van der Waals surface area contributed by atoms with E-state index in [0.717, 1.165) is 19.4 Å². The molecule has 0 aromatic carbocycles. The van der Waals surface area contributed by atoms with Gasteiger partial charge in [0.05, 0.1) is 5.70 Å². The van der Waals surface area contributed by atoms with Gasteiger partial charge in [0.15, 0.2) is 0 Å². The van der Waals surface area contributed by atoms with Crippen molar-refractivity contribution >= 4 is 16.2 Å². The van der Waals surface area contributed by atoms with Crippen molar-refractivity contribution < 1.29 is 8.42 Å². The van der Waals surface area contributed by atoms with Crippen molar-refractivity contribution in [3.63, 3.8) is 0 Å². The van der Waals surface area contributed by atoms with Gasteiger partial charge in [-0.1, -0.05) is 12.2 Å². The van der Waals surface area contributed by atoms with Gasteiger partial charge in [0.25, 0.3) is 0 Å². The first-order chi connectivity index (χ1) is 8.24. The van der Waals surface area contributed by atoms with Gasteiger partial charge in [-0.25, -0.2) is 0 Å². The van der Waals surface area contributed by atoms with Crippen molar-refractivity contribution in [2.75, 3.05) is 6.54 Å². The number of nitrogens with zero attached hydrogens (tertiary/aromatic N) is 2. The summed E-state index contributed by atoms with van der Waals surface area (Å²) in [4.78, 5) is 4.50. The van der Waals surface area contributed by atoms with E-state index in [1.807, 2.05) is 12.2 Å². The highest BCUT2D eigenvalue weighted by Gasteiger charge is 2.33. The number of fused-ring (bicyclic) bond motifs is 3. The molecule has 0 N–H and O–H groups in total. The summed E-state index contributed by atoms with van der Waals surface area (Å²) >= 11 is 0. The van der Waals surface area contributed by atoms with Crippen molar-refractivity contribution in [3.05, 3.63) is 35.6 Å². The van der Waals surface area contributed by atoms with E-state index >= 15 is 0 Å². The molecule has 0 saturated heterocycles. The lowest BCUT2D eigenvalue weighted by Crippen LogP contribution is -2.25.